The number of fused-ring (bicyclic) bond motifs is 1. The highest BCUT2D eigenvalue weighted by molar-refractivity contribution is 6.28. The van der Waals surface area contributed by atoms with Crippen LogP contribution in [0.15, 0.2) is 12.3 Å². The van der Waals surface area contributed by atoms with Crippen molar-refractivity contribution in [2.75, 3.05) is 26.4 Å². The van der Waals surface area contributed by atoms with E-state index in [0.717, 1.165) is 16.7 Å². The molecule has 1 saturated heterocycles. The highest BCUT2D eigenvalue weighted by Gasteiger charge is 2.35. The Morgan fingerprint density at radius 1 is 1.31 bits per heavy atom. The molecule has 0 aromatic carbocycles. The standard InChI is InChI=1S/C20H31ClN4O4/c1-6-26-18(27-7-2)14-10-13-11-23-19(21)24-16(13)25(14)9-8-22-17-15(12-28-17)29-20(3,4)5/h10-11,15,17-18,22H,6-9,12H2,1-5H3. The summed E-state index contributed by atoms with van der Waals surface area (Å²) in [5.41, 5.74) is 1.44. The van der Waals surface area contributed by atoms with Gasteiger partial charge in [-0.05, 0) is 52.3 Å². The van der Waals surface area contributed by atoms with Crippen LogP contribution in [0.25, 0.3) is 11.0 Å². The molecule has 0 saturated carbocycles. The van der Waals surface area contributed by atoms with Crippen molar-refractivity contribution in [3.63, 3.8) is 0 Å². The van der Waals surface area contributed by atoms with Gasteiger partial charge in [-0.3, -0.25) is 5.32 Å². The average Bonchev–Trinajstić information content (AvgIpc) is 2.99. The predicted molar refractivity (Wildman–Crippen MR) is 111 cm³/mol. The summed E-state index contributed by atoms with van der Waals surface area (Å²) in [5, 5.41) is 4.51. The number of nitrogens with one attached hydrogen (secondary N) is 1. The molecule has 1 aliphatic rings. The van der Waals surface area contributed by atoms with Crippen LogP contribution in [0.2, 0.25) is 5.28 Å². The van der Waals surface area contributed by atoms with Crippen LogP contribution in [0.1, 0.15) is 46.6 Å². The van der Waals surface area contributed by atoms with Crippen LogP contribution in [0, 0.1) is 0 Å². The second-order valence-corrected chi connectivity index (χ2v) is 8.20. The van der Waals surface area contributed by atoms with Crippen molar-refractivity contribution in [3.05, 3.63) is 23.2 Å². The van der Waals surface area contributed by atoms with Gasteiger partial charge in [0, 0.05) is 37.9 Å². The first-order valence-electron chi connectivity index (χ1n) is 10.1. The summed E-state index contributed by atoms with van der Waals surface area (Å²) in [4.78, 5) is 8.51. The quantitative estimate of drug-likeness (QED) is 0.461. The van der Waals surface area contributed by atoms with Gasteiger partial charge in [0.2, 0.25) is 5.28 Å². The molecular weight excluding hydrogens is 396 g/mol. The zero-order valence-corrected chi connectivity index (χ0v) is 18.5. The molecule has 162 valence electrons. The van der Waals surface area contributed by atoms with Crippen LogP contribution in [-0.4, -0.2) is 58.8 Å². The van der Waals surface area contributed by atoms with Crippen molar-refractivity contribution < 1.29 is 18.9 Å². The average molecular weight is 427 g/mol. The third kappa shape index (κ3) is 5.65. The lowest BCUT2D eigenvalue weighted by Crippen LogP contribution is -2.57. The van der Waals surface area contributed by atoms with Crippen molar-refractivity contribution >= 4 is 22.6 Å². The maximum Gasteiger partial charge on any atom is 0.224 e. The zero-order chi connectivity index (χ0) is 21.0. The van der Waals surface area contributed by atoms with E-state index in [2.05, 4.69) is 19.9 Å². The Kier molecular flexibility index (Phi) is 7.47. The van der Waals surface area contributed by atoms with Crippen LogP contribution in [0.4, 0.5) is 0 Å². The Balaban J connectivity index is 1.74. The Labute approximate surface area is 176 Å². The lowest BCUT2D eigenvalue weighted by Gasteiger charge is -2.40. The number of aromatic nitrogens is 3. The molecule has 0 radical (unpaired) electrons. The number of rotatable bonds is 10. The third-order valence-corrected chi connectivity index (χ3v) is 4.66. The minimum atomic E-state index is -0.477. The summed E-state index contributed by atoms with van der Waals surface area (Å²) in [7, 11) is 0. The molecule has 1 aliphatic heterocycles. The van der Waals surface area contributed by atoms with E-state index >= 15 is 0 Å². The van der Waals surface area contributed by atoms with Crippen LogP contribution >= 0.6 is 11.6 Å². The molecule has 2 aromatic heterocycles. The normalized spacial score (nSPS) is 19.8. The summed E-state index contributed by atoms with van der Waals surface area (Å²) in [6, 6.07) is 1.99. The first-order valence-corrected chi connectivity index (χ1v) is 10.5. The predicted octanol–water partition coefficient (Wildman–Crippen LogP) is 3.29. The monoisotopic (exact) mass is 426 g/mol. The summed E-state index contributed by atoms with van der Waals surface area (Å²) < 4.78 is 25.3. The highest BCUT2D eigenvalue weighted by Crippen LogP contribution is 2.27. The fourth-order valence-electron chi connectivity index (χ4n) is 3.32. The van der Waals surface area contributed by atoms with Gasteiger partial charge >= 0.3 is 0 Å². The van der Waals surface area contributed by atoms with Gasteiger partial charge in [0.1, 0.15) is 18.0 Å². The van der Waals surface area contributed by atoms with Gasteiger partial charge in [-0.2, -0.15) is 4.98 Å². The van der Waals surface area contributed by atoms with Crippen LogP contribution in [-0.2, 0) is 25.5 Å². The third-order valence-electron chi connectivity index (χ3n) is 4.48. The van der Waals surface area contributed by atoms with Crippen molar-refractivity contribution in [1.29, 1.82) is 0 Å². The molecular formula is C20H31ClN4O4. The maximum absolute atomic E-state index is 6.05. The van der Waals surface area contributed by atoms with E-state index in [1.54, 1.807) is 6.20 Å². The van der Waals surface area contributed by atoms with Crippen LogP contribution in [0.5, 0.6) is 0 Å². The first-order chi connectivity index (χ1) is 13.8. The molecule has 29 heavy (non-hydrogen) atoms. The second-order valence-electron chi connectivity index (χ2n) is 7.86. The minimum absolute atomic E-state index is 0.0484. The number of hydrogen-bond donors (Lipinski definition) is 1. The summed E-state index contributed by atoms with van der Waals surface area (Å²) in [5.74, 6) is 0. The fourth-order valence-corrected chi connectivity index (χ4v) is 3.45. The fraction of sp³-hybridized carbons (Fsp3) is 0.700. The van der Waals surface area contributed by atoms with Gasteiger partial charge in [-0.25, -0.2) is 4.98 Å². The molecule has 0 spiro atoms. The van der Waals surface area contributed by atoms with E-state index in [-0.39, 0.29) is 23.2 Å². The number of halogens is 1. The molecule has 2 unspecified atom stereocenters. The van der Waals surface area contributed by atoms with Gasteiger partial charge in [-0.15, -0.1) is 0 Å². The van der Waals surface area contributed by atoms with Crippen LogP contribution in [0.3, 0.4) is 0 Å². The van der Waals surface area contributed by atoms with Crippen LogP contribution < -0.4 is 5.32 Å². The molecule has 0 bridgehead atoms. The number of nitrogens with zero attached hydrogens (tertiary/aromatic N) is 3. The molecule has 0 aliphatic carbocycles. The lowest BCUT2D eigenvalue weighted by atomic mass is 10.1. The van der Waals surface area contributed by atoms with Gasteiger partial charge in [0.25, 0.3) is 0 Å². The van der Waals surface area contributed by atoms with Crippen molar-refractivity contribution in [2.24, 2.45) is 0 Å². The lowest BCUT2D eigenvalue weighted by molar-refractivity contribution is -0.232. The molecule has 8 nitrogen and oxygen atoms in total. The molecule has 9 heteroatoms. The van der Waals surface area contributed by atoms with Crippen molar-refractivity contribution in [3.8, 4) is 0 Å². The topological polar surface area (TPSA) is 79.7 Å². The maximum atomic E-state index is 6.05. The Morgan fingerprint density at radius 3 is 2.62 bits per heavy atom. The minimum Gasteiger partial charge on any atom is -0.366 e. The molecule has 3 rings (SSSR count). The summed E-state index contributed by atoms with van der Waals surface area (Å²) >= 11 is 6.05. The van der Waals surface area contributed by atoms with E-state index in [0.29, 0.717) is 32.9 Å². The first kappa shape index (κ1) is 22.4. The SMILES string of the molecule is CCOC(OCC)c1cc2cnc(Cl)nc2n1CCNC1OCC1OC(C)(C)C. The summed E-state index contributed by atoms with van der Waals surface area (Å²) in [6.45, 7) is 13.0. The Bertz CT molecular complexity index is 802. The molecule has 0 amide bonds. The highest BCUT2D eigenvalue weighted by atomic mass is 35.5. The number of hydrogen-bond acceptors (Lipinski definition) is 7. The van der Waals surface area contributed by atoms with Gasteiger partial charge < -0.3 is 23.5 Å². The molecule has 2 aromatic rings. The second kappa shape index (κ2) is 9.68. The smallest absolute Gasteiger partial charge is 0.224 e. The van der Waals surface area contributed by atoms with Gasteiger partial charge in [0.15, 0.2) is 6.29 Å². The molecule has 1 fully saturated rings. The van der Waals surface area contributed by atoms with Crippen molar-refractivity contribution in [2.45, 2.75) is 65.4 Å². The van der Waals surface area contributed by atoms with E-state index < -0.39 is 6.29 Å². The largest absolute Gasteiger partial charge is 0.366 e. The van der Waals surface area contributed by atoms with E-state index in [1.165, 1.54) is 0 Å². The molecule has 2 atom stereocenters. The molecule has 1 N–H and O–H groups in total. The summed E-state index contributed by atoms with van der Waals surface area (Å²) in [6.07, 6.45) is 1.17. The Hall–Kier alpha value is -1.29. The molecule has 3 heterocycles. The zero-order valence-electron chi connectivity index (χ0n) is 17.8. The number of ether oxygens (including phenoxy) is 4. The van der Waals surface area contributed by atoms with E-state index in [4.69, 9.17) is 30.5 Å². The van der Waals surface area contributed by atoms with Gasteiger partial charge in [-0.1, -0.05) is 0 Å². The Morgan fingerprint density at radius 2 is 2.03 bits per heavy atom. The van der Waals surface area contributed by atoms with E-state index in [9.17, 15) is 0 Å². The van der Waals surface area contributed by atoms with E-state index in [1.807, 2.05) is 40.7 Å². The van der Waals surface area contributed by atoms with Gasteiger partial charge in [0.05, 0.1) is 17.9 Å². The van der Waals surface area contributed by atoms with Crippen molar-refractivity contribution in [1.82, 2.24) is 19.9 Å².